The molecule has 2 rings (SSSR count). The molecular weight excluding hydrogens is 382 g/mol. The maximum atomic E-state index is 12.6. The predicted molar refractivity (Wildman–Crippen MR) is 92.3 cm³/mol. The Hall–Kier alpha value is -1.57. The monoisotopic (exact) mass is 399 g/mol. The molecule has 0 aliphatic rings. The van der Waals surface area contributed by atoms with Gasteiger partial charge in [0.15, 0.2) is 0 Å². The van der Waals surface area contributed by atoms with Crippen molar-refractivity contribution in [3.8, 4) is 11.5 Å². The highest BCUT2D eigenvalue weighted by molar-refractivity contribution is 9.10. The Morgan fingerprint density at radius 1 is 1.04 bits per heavy atom. The average molecular weight is 400 g/mol. The van der Waals surface area contributed by atoms with Crippen LogP contribution in [0.15, 0.2) is 51.8 Å². The van der Waals surface area contributed by atoms with Crippen molar-refractivity contribution in [1.29, 1.82) is 0 Å². The Labute approximate surface area is 145 Å². The zero-order valence-electron chi connectivity index (χ0n) is 13.1. The van der Waals surface area contributed by atoms with Crippen molar-refractivity contribution in [2.75, 3.05) is 21.3 Å². The first kappa shape index (κ1) is 17.8. The van der Waals surface area contributed by atoms with E-state index >= 15 is 0 Å². The number of hydrogen-bond donors (Lipinski definition) is 0. The summed E-state index contributed by atoms with van der Waals surface area (Å²) in [5, 5.41) is 0. The molecule has 0 saturated heterocycles. The summed E-state index contributed by atoms with van der Waals surface area (Å²) in [5.41, 5.74) is 0.732. The third-order valence-corrected chi connectivity index (χ3v) is 5.75. The Bertz CT molecular complexity index is 775. The maximum Gasteiger partial charge on any atom is 0.243 e. The second-order valence-corrected chi connectivity index (χ2v) is 7.85. The van der Waals surface area contributed by atoms with Crippen LogP contribution in [0.1, 0.15) is 5.56 Å². The molecule has 7 heteroatoms. The second-order valence-electron chi connectivity index (χ2n) is 4.89. The number of halogens is 1. The lowest BCUT2D eigenvalue weighted by atomic mass is 10.2. The minimum absolute atomic E-state index is 0.179. The molecule has 2 aromatic rings. The predicted octanol–water partition coefficient (Wildman–Crippen LogP) is 3.29. The topological polar surface area (TPSA) is 55.8 Å². The Morgan fingerprint density at radius 2 is 1.70 bits per heavy atom. The molecule has 0 N–H and O–H groups in total. The van der Waals surface area contributed by atoms with Crippen molar-refractivity contribution >= 4 is 26.0 Å². The molecule has 0 aromatic heterocycles. The Balaban J connectivity index is 2.30. The van der Waals surface area contributed by atoms with E-state index in [1.807, 2.05) is 0 Å². The van der Waals surface area contributed by atoms with E-state index in [-0.39, 0.29) is 11.4 Å². The van der Waals surface area contributed by atoms with Crippen LogP contribution in [-0.4, -0.2) is 34.0 Å². The molecule has 0 spiro atoms. The van der Waals surface area contributed by atoms with Crippen molar-refractivity contribution in [2.45, 2.75) is 11.4 Å². The number of methoxy groups -OCH3 is 2. The number of rotatable bonds is 6. The normalized spacial score (nSPS) is 11.5. The van der Waals surface area contributed by atoms with E-state index < -0.39 is 10.0 Å². The summed E-state index contributed by atoms with van der Waals surface area (Å²) in [5.74, 6) is 1.26. The van der Waals surface area contributed by atoms with Crippen LogP contribution in [0.4, 0.5) is 0 Å². The van der Waals surface area contributed by atoms with E-state index in [0.29, 0.717) is 11.5 Å². The fraction of sp³-hybridized carbons (Fsp3) is 0.250. The fourth-order valence-corrected chi connectivity index (χ4v) is 3.53. The van der Waals surface area contributed by atoms with Crippen molar-refractivity contribution in [3.05, 3.63) is 52.5 Å². The molecule has 0 heterocycles. The van der Waals surface area contributed by atoms with E-state index in [2.05, 4.69) is 15.9 Å². The molecule has 23 heavy (non-hydrogen) atoms. The van der Waals surface area contributed by atoms with E-state index in [1.54, 1.807) is 56.7 Å². The van der Waals surface area contributed by atoms with Gasteiger partial charge in [-0.3, -0.25) is 0 Å². The second kappa shape index (κ2) is 7.33. The van der Waals surface area contributed by atoms with E-state index in [0.717, 1.165) is 10.0 Å². The SMILES string of the molecule is COc1ccc(OC)c(CN(C)S(=O)(=O)c2ccc(Br)cc2)c1. The van der Waals surface area contributed by atoms with Crippen LogP contribution in [0.5, 0.6) is 11.5 Å². The number of hydrogen-bond acceptors (Lipinski definition) is 4. The van der Waals surface area contributed by atoms with Gasteiger partial charge in [0, 0.05) is 23.6 Å². The Morgan fingerprint density at radius 3 is 2.26 bits per heavy atom. The summed E-state index contributed by atoms with van der Waals surface area (Å²) in [6.07, 6.45) is 0. The number of ether oxygens (including phenoxy) is 2. The van der Waals surface area contributed by atoms with Gasteiger partial charge in [-0.25, -0.2) is 8.42 Å². The van der Waals surface area contributed by atoms with Gasteiger partial charge in [0.2, 0.25) is 10.0 Å². The van der Waals surface area contributed by atoms with Crippen LogP contribution < -0.4 is 9.47 Å². The molecule has 2 aromatic carbocycles. The van der Waals surface area contributed by atoms with Crippen LogP contribution in [0.2, 0.25) is 0 Å². The quantitative estimate of drug-likeness (QED) is 0.747. The molecule has 0 unspecified atom stereocenters. The first-order valence-electron chi connectivity index (χ1n) is 6.81. The van der Waals surface area contributed by atoms with Gasteiger partial charge in [-0.05, 0) is 42.5 Å². The van der Waals surface area contributed by atoms with E-state index in [4.69, 9.17) is 9.47 Å². The van der Waals surface area contributed by atoms with Gasteiger partial charge in [0.25, 0.3) is 0 Å². The molecule has 0 radical (unpaired) electrons. The van der Waals surface area contributed by atoms with E-state index in [9.17, 15) is 8.42 Å². The van der Waals surface area contributed by atoms with Crippen molar-refractivity contribution in [1.82, 2.24) is 4.31 Å². The zero-order valence-corrected chi connectivity index (χ0v) is 15.5. The Kier molecular flexibility index (Phi) is 5.67. The lowest BCUT2D eigenvalue weighted by molar-refractivity contribution is 0.389. The molecule has 0 bridgehead atoms. The molecule has 5 nitrogen and oxygen atoms in total. The van der Waals surface area contributed by atoms with Gasteiger partial charge >= 0.3 is 0 Å². The van der Waals surface area contributed by atoms with Crippen LogP contribution in [-0.2, 0) is 16.6 Å². The van der Waals surface area contributed by atoms with Gasteiger partial charge in [0.05, 0.1) is 19.1 Å². The van der Waals surface area contributed by atoms with E-state index in [1.165, 1.54) is 11.4 Å². The molecule has 0 atom stereocenters. The van der Waals surface area contributed by atoms with Gasteiger partial charge < -0.3 is 9.47 Å². The number of benzene rings is 2. The number of nitrogens with zero attached hydrogens (tertiary/aromatic N) is 1. The fourth-order valence-electron chi connectivity index (χ4n) is 2.12. The summed E-state index contributed by atoms with van der Waals surface area (Å²) in [6.45, 7) is 0.179. The summed E-state index contributed by atoms with van der Waals surface area (Å²) in [7, 11) is 1.07. The summed E-state index contributed by atoms with van der Waals surface area (Å²) in [4.78, 5) is 0.241. The first-order valence-corrected chi connectivity index (χ1v) is 9.04. The van der Waals surface area contributed by atoms with Crippen LogP contribution >= 0.6 is 15.9 Å². The summed E-state index contributed by atoms with van der Waals surface area (Å²) >= 11 is 3.30. The van der Waals surface area contributed by atoms with Gasteiger partial charge in [-0.15, -0.1) is 0 Å². The summed E-state index contributed by atoms with van der Waals surface area (Å²) < 4.78 is 37.9. The third kappa shape index (κ3) is 4.04. The minimum atomic E-state index is -3.58. The average Bonchev–Trinajstić information content (AvgIpc) is 2.55. The molecule has 0 aliphatic carbocycles. The highest BCUT2D eigenvalue weighted by Crippen LogP contribution is 2.27. The summed E-state index contributed by atoms with van der Waals surface area (Å²) in [6, 6.07) is 11.8. The molecule has 0 amide bonds. The molecule has 0 saturated carbocycles. The smallest absolute Gasteiger partial charge is 0.243 e. The zero-order chi connectivity index (χ0) is 17.0. The van der Waals surface area contributed by atoms with Crippen molar-refractivity contribution in [3.63, 3.8) is 0 Å². The largest absolute Gasteiger partial charge is 0.497 e. The van der Waals surface area contributed by atoms with Crippen molar-refractivity contribution in [2.24, 2.45) is 0 Å². The standard InChI is InChI=1S/C16H18BrNO4S/c1-18(23(19,20)15-7-4-13(17)5-8-15)11-12-10-14(21-2)6-9-16(12)22-3/h4-10H,11H2,1-3H3. The van der Waals surface area contributed by atoms with Gasteiger partial charge in [-0.1, -0.05) is 15.9 Å². The van der Waals surface area contributed by atoms with Crippen LogP contribution in [0.25, 0.3) is 0 Å². The van der Waals surface area contributed by atoms with Crippen LogP contribution in [0, 0.1) is 0 Å². The molecule has 0 fully saturated rings. The molecular formula is C16H18BrNO4S. The maximum absolute atomic E-state index is 12.6. The lowest BCUT2D eigenvalue weighted by Crippen LogP contribution is -2.26. The van der Waals surface area contributed by atoms with Crippen molar-refractivity contribution < 1.29 is 17.9 Å². The van der Waals surface area contributed by atoms with Gasteiger partial charge in [0.1, 0.15) is 11.5 Å². The minimum Gasteiger partial charge on any atom is -0.497 e. The third-order valence-electron chi connectivity index (χ3n) is 3.40. The first-order chi connectivity index (χ1) is 10.9. The lowest BCUT2D eigenvalue weighted by Gasteiger charge is -2.19. The highest BCUT2D eigenvalue weighted by atomic mass is 79.9. The van der Waals surface area contributed by atoms with Crippen LogP contribution in [0.3, 0.4) is 0 Å². The highest BCUT2D eigenvalue weighted by Gasteiger charge is 2.22. The number of sulfonamides is 1. The molecule has 124 valence electrons. The molecule has 0 aliphatic heterocycles. The van der Waals surface area contributed by atoms with Gasteiger partial charge in [-0.2, -0.15) is 4.31 Å².